The summed E-state index contributed by atoms with van der Waals surface area (Å²) in [7, 11) is 0. The fourth-order valence-electron chi connectivity index (χ4n) is 3.10. The Labute approximate surface area is 143 Å². The number of hydrogen-bond donors (Lipinski definition) is 8. The Hall–Kier alpha value is -0.440. The van der Waals surface area contributed by atoms with Gasteiger partial charge in [0.05, 0.1) is 39.1 Å². The van der Waals surface area contributed by atoms with Gasteiger partial charge in [-0.3, -0.25) is 0 Å². The van der Waals surface area contributed by atoms with Gasteiger partial charge in [0.1, 0.15) is 36.6 Å². The summed E-state index contributed by atoms with van der Waals surface area (Å²) in [6.45, 7) is -2.40. The van der Waals surface area contributed by atoms with E-state index in [4.69, 9.17) is 24.4 Å². The van der Waals surface area contributed by atoms with E-state index in [1.54, 1.807) is 0 Å². The molecule has 0 aromatic heterocycles. The highest BCUT2D eigenvalue weighted by Crippen LogP contribution is 2.34. The fraction of sp³-hybridized carbons (Fsp3) is 1.00. The van der Waals surface area contributed by atoms with Crippen molar-refractivity contribution < 1.29 is 55.1 Å². The van der Waals surface area contributed by atoms with E-state index >= 15 is 0 Å². The Kier molecular flexibility index (Phi) is 7.09. The first-order valence-electron chi connectivity index (χ1n) is 7.97. The van der Waals surface area contributed by atoms with Crippen molar-refractivity contribution in [1.29, 1.82) is 0 Å². The molecule has 0 aromatic carbocycles. The molecule has 0 amide bonds. The summed E-state index contributed by atoms with van der Waals surface area (Å²) in [4.78, 5) is 0. The molecule has 2 rings (SSSR count). The molecule has 2 aliphatic heterocycles. The minimum absolute atomic E-state index is 0.205. The zero-order chi connectivity index (χ0) is 18.8. The molecule has 0 saturated carbocycles. The second-order valence-corrected chi connectivity index (χ2v) is 6.36. The Morgan fingerprint density at radius 1 is 0.800 bits per heavy atom. The monoisotopic (exact) mass is 370 g/mol. The molecule has 2 fully saturated rings. The quantitative estimate of drug-likeness (QED) is 0.214. The number of aliphatic hydroxyl groups is 8. The van der Waals surface area contributed by atoms with Gasteiger partial charge in [0.25, 0.3) is 0 Å². The lowest BCUT2D eigenvalue weighted by Crippen LogP contribution is -2.59. The Morgan fingerprint density at radius 3 is 1.96 bits per heavy atom. The van der Waals surface area contributed by atoms with Gasteiger partial charge in [0, 0.05) is 5.92 Å². The summed E-state index contributed by atoms with van der Waals surface area (Å²) in [6, 6.07) is 0. The van der Waals surface area contributed by atoms with E-state index in [2.05, 4.69) is 0 Å². The fourth-order valence-corrected chi connectivity index (χ4v) is 3.10. The van der Waals surface area contributed by atoms with Crippen molar-refractivity contribution in [2.24, 2.45) is 5.92 Å². The van der Waals surface area contributed by atoms with Gasteiger partial charge < -0.3 is 55.1 Å². The summed E-state index contributed by atoms with van der Waals surface area (Å²) in [6.07, 6.45) is -9.03. The molecule has 4 unspecified atom stereocenters. The van der Waals surface area contributed by atoms with E-state index in [1.807, 2.05) is 0 Å². The Balaban J connectivity index is 1.91. The molecule has 2 heterocycles. The maximum absolute atomic E-state index is 10.0. The SMILES string of the molecule is OCC1O[C@@H](COC[C@H]2C(CO)OC(O)(CO)[C@H]2O)C(O)[C@@H](O)[C@H]1O. The third kappa shape index (κ3) is 4.12. The molecular weight excluding hydrogens is 344 g/mol. The van der Waals surface area contributed by atoms with Crippen molar-refractivity contribution in [3.63, 3.8) is 0 Å². The highest BCUT2D eigenvalue weighted by molar-refractivity contribution is 4.95. The summed E-state index contributed by atoms with van der Waals surface area (Å²) in [5, 5.41) is 76.8. The molecule has 0 aromatic rings. The summed E-state index contributed by atoms with van der Waals surface area (Å²) >= 11 is 0. The largest absolute Gasteiger partial charge is 0.394 e. The molecule has 2 saturated heterocycles. The van der Waals surface area contributed by atoms with Crippen LogP contribution in [-0.4, -0.2) is 122 Å². The molecule has 11 heteroatoms. The smallest absolute Gasteiger partial charge is 0.216 e. The first-order chi connectivity index (χ1) is 11.8. The first-order valence-corrected chi connectivity index (χ1v) is 7.97. The van der Waals surface area contributed by atoms with Gasteiger partial charge in [0.15, 0.2) is 0 Å². The van der Waals surface area contributed by atoms with Crippen molar-refractivity contribution in [2.75, 3.05) is 33.0 Å². The van der Waals surface area contributed by atoms with E-state index in [1.165, 1.54) is 0 Å². The third-order valence-corrected chi connectivity index (χ3v) is 4.69. The number of ether oxygens (including phenoxy) is 3. The van der Waals surface area contributed by atoms with Crippen molar-refractivity contribution in [3.8, 4) is 0 Å². The molecule has 9 atom stereocenters. The lowest BCUT2D eigenvalue weighted by atomic mass is 9.95. The van der Waals surface area contributed by atoms with Crippen molar-refractivity contribution >= 4 is 0 Å². The van der Waals surface area contributed by atoms with Gasteiger partial charge in [-0.2, -0.15) is 0 Å². The maximum Gasteiger partial charge on any atom is 0.216 e. The zero-order valence-corrected chi connectivity index (χ0v) is 13.5. The molecule has 11 nitrogen and oxygen atoms in total. The number of hydrogen-bond acceptors (Lipinski definition) is 11. The van der Waals surface area contributed by atoms with Crippen LogP contribution >= 0.6 is 0 Å². The highest BCUT2D eigenvalue weighted by Gasteiger charge is 2.53. The first kappa shape index (κ1) is 20.9. The van der Waals surface area contributed by atoms with E-state index in [9.17, 15) is 30.6 Å². The van der Waals surface area contributed by atoms with Crippen molar-refractivity contribution in [2.45, 2.75) is 48.5 Å². The van der Waals surface area contributed by atoms with Gasteiger partial charge in [-0.1, -0.05) is 0 Å². The second-order valence-electron chi connectivity index (χ2n) is 6.36. The van der Waals surface area contributed by atoms with Gasteiger partial charge in [0.2, 0.25) is 5.79 Å². The van der Waals surface area contributed by atoms with E-state index < -0.39 is 74.3 Å². The summed E-state index contributed by atoms with van der Waals surface area (Å²) < 4.78 is 15.7. The minimum atomic E-state index is -2.20. The normalized spacial score (nSPS) is 48.0. The molecule has 0 spiro atoms. The van der Waals surface area contributed by atoms with E-state index in [-0.39, 0.29) is 13.2 Å². The molecule has 0 aliphatic carbocycles. The van der Waals surface area contributed by atoms with Crippen LogP contribution in [-0.2, 0) is 14.2 Å². The zero-order valence-electron chi connectivity index (χ0n) is 13.5. The lowest BCUT2D eigenvalue weighted by molar-refractivity contribution is -0.248. The van der Waals surface area contributed by atoms with Crippen LogP contribution in [0.15, 0.2) is 0 Å². The maximum atomic E-state index is 10.0. The van der Waals surface area contributed by atoms with Crippen molar-refractivity contribution in [3.05, 3.63) is 0 Å². The summed E-state index contributed by atoms with van der Waals surface area (Å²) in [5.41, 5.74) is 0. The van der Waals surface area contributed by atoms with Crippen LogP contribution in [0.1, 0.15) is 0 Å². The van der Waals surface area contributed by atoms with Crippen LogP contribution in [0, 0.1) is 5.92 Å². The van der Waals surface area contributed by atoms with E-state index in [0.29, 0.717) is 0 Å². The Bertz CT molecular complexity index is 422. The van der Waals surface area contributed by atoms with Crippen LogP contribution < -0.4 is 0 Å². The highest BCUT2D eigenvalue weighted by atomic mass is 16.7. The number of rotatable bonds is 7. The van der Waals surface area contributed by atoms with Gasteiger partial charge in [-0.15, -0.1) is 0 Å². The average Bonchev–Trinajstić information content (AvgIpc) is 2.86. The van der Waals surface area contributed by atoms with Crippen LogP contribution in [0.3, 0.4) is 0 Å². The summed E-state index contributed by atoms with van der Waals surface area (Å²) in [5.74, 6) is -3.06. The van der Waals surface area contributed by atoms with Crippen LogP contribution in [0.25, 0.3) is 0 Å². The predicted octanol–water partition coefficient (Wildman–Crippen LogP) is -5.11. The molecule has 8 N–H and O–H groups in total. The predicted molar refractivity (Wildman–Crippen MR) is 78.1 cm³/mol. The minimum Gasteiger partial charge on any atom is -0.394 e. The standard InChI is InChI=1S/C14H26O11/c15-1-7-6(13(21)14(22,5-17)25-7)3-23-4-9-11(19)12(20)10(18)8(2-16)24-9/h6-13,15-22H,1-5H2/t6-,7?,8?,9-,10-,11?,12-,13-,14?/m0/s1. The lowest BCUT2D eigenvalue weighted by Gasteiger charge is -2.40. The molecule has 148 valence electrons. The Morgan fingerprint density at radius 2 is 1.40 bits per heavy atom. The molecule has 25 heavy (non-hydrogen) atoms. The van der Waals surface area contributed by atoms with Crippen LogP contribution in [0.2, 0.25) is 0 Å². The third-order valence-electron chi connectivity index (χ3n) is 4.69. The van der Waals surface area contributed by atoms with Gasteiger partial charge >= 0.3 is 0 Å². The molecule has 0 bridgehead atoms. The number of aliphatic hydroxyl groups excluding tert-OH is 7. The van der Waals surface area contributed by atoms with Crippen LogP contribution in [0.4, 0.5) is 0 Å². The van der Waals surface area contributed by atoms with Gasteiger partial charge in [-0.25, -0.2) is 0 Å². The van der Waals surface area contributed by atoms with Crippen molar-refractivity contribution in [1.82, 2.24) is 0 Å². The van der Waals surface area contributed by atoms with E-state index in [0.717, 1.165) is 0 Å². The van der Waals surface area contributed by atoms with Crippen LogP contribution in [0.5, 0.6) is 0 Å². The van der Waals surface area contributed by atoms with Gasteiger partial charge in [-0.05, 0) is 0 Å². The second kappa shape index (κ2) is 8.50. The topological polar surface area (TPSA) is 190 Å². The molecular formula is C14H26O11. The molecule has 2 aliphatic rings. The molecule has 0 radical (unpaired) electrons. The average molecular weight is 370 g/mol.